The summed E-state index contributed by atoms with van der Waals surface area (Å²) in [6.45, 7) is 2.09. The molecule has 3 heteroatoms. The number of thioether (sulfide) groups is 1. The molecule has 0 fully saturated rings. The minimum atomic E-state index is -0.414. The fraction of sp³-hybridized carbons (Fsp3) is 0.526. The first-order chi connectivity index (χ1) is 10.7. The number of aldehydes is 1. The molecule has 0 saturated carbocycles. The Hall–Kier alpha value is -0.730. The molecule has 1 aliphatic carbocycles. The van der Waals surface area contributed by atoms with Gasteiger partial charge in [-0.25, -0.2) is 0 Å². The summed E-state index contributed by atoms with van der Waals surface area (Å²) in [5, 5.41) is 0. The van der Waals surface area contributed by atoms with Crippen molar-refractivity contribution in [3.05, 3.63) is 42.0 Å². The van der Waals surface area contributed by atoms with Crippen LogP contribution in [-0.4, -0.2) is 16.9 Å². The predicted molar refractivity (Wildman–Crippen MR) is 96.8 cm³/mol. The number of hydrogen-bond acceptors (Lipinski definition) is 2. The molecule has 1 nitrogen and oxygen atoms in total. The second-order valence-corrected chi connectivity index (χ2v) is 7.90. The number of benzene rings is 1. The Morgan fingerprint density at radius 2 is 2.14 bits per heavy atom. The second-order valence-electron chi connectivity index (χ2n) is 6.15. The highest BCUT2D eigenvalue weighted by Crippen LogP contribution is 2.42. The van der Waals surface area contributed by atoms with Gasteiger partial charge in [0.25, 0.3) is 0 Å². The zero-order valence-electron chi connectivity index (χ0n) is 13.3. The van der Waals surface area contributed by atoms with Crippen molar-refractivity contribution in [2.45, 2.75) is 55.1 Å². The van der Waals surface area contributed by atoms with Crippen molar-refractivity contribution in [2.75, 3.05) is 5.88 Å². The SMILES string of the molecule is C[C@H](CCl)C(C=O)(CCCC1=CCCC1)Sc1ccccc1. The van der Waals surface area contributed by atoms with Gasteiger partial charge in [-0.05, 0) is 56.6 Å². The highest BCUT2D eigenvalue weighted by Gasteiger charge is 2.36. The number of alkyl halides is 1. The summed E-state index contributed by atoms with van der Waals surface area (Å²) in [5.41, 5.74) is 1.57. The van der Waals surface area contributed by atoms with Crippen LogP contribution in [0.4, 0.5) is 0 Å². The Balaban J connectivity index is 2.04. The van der Waals surface area contributed by atoms with Gasteiger partial charge in [0.05, 0.1) is 4.75 Å². The minimum absolute atomic E-state index is 0.162. The van der Waals surface area contributed by atoms with Crippen LogP contribution < -0.4 is 0 Å². The second kappa shape index (κ2) is 8.79. The molecule has 0 radical (unpaired) electrons. The van der Waals surface area contributed by atoms with Crippen LogP contribution in [0.15, 0.2) is 46.9 Å². The summed E-state index contributed by atoms with van der Waals surface area (Å²) in [7, 11) is 0. The Bertz CT molecular complexity index is 499. The Labute approximate surface area is 143 Å². The Morgan fingerprint density at radius 1 is 1.36 bits per heavy atom. The van der Waals surface area contributed by atoms with Gasteiger partial charge in [0.1, 0.15) is 6.29 Å². The van der Waals surface area contributed by atoms with Crippen molar-refractivity contribution in [3.63, 3.8) is 0 Å². The summed E-state index contributed by atoms with van der Waals surface area (Å²) >= 11 is 7.78. The molecule has 0 N–H and O–H groups in total. The van der Waals surface area contributed by atoms with Crippen LogP contribution in [0.5, 0.6) is 0 Å². The molecule has 22 heavy (non-hydrogen) atoms. The van der Waals surface area contributed by atoms with E-state index in [1.165, 1.54) is 19.3 Å². The zero-order chi connectivity index (χ0) is 15.8. The molecule has 120 valence electrons. The maximum absolute atomic E-state index is 12.0. The molecule has 2 rings (SSSR count). The first kappa shape index (κ1) is 17.6. The molecule has 2 atom stereocenters. The predicted octanol–water partition coefficient (Wildman–Crippen LogP) is 5.87. The lowest BCUT2D eigenvalue weighted by molar-refractivity contribution is -0.110. The van der Waals surface area contributed by atoms with Crippen molar-refractivity contribution in [2.24, 2.45) is 5.92 Å². The van der Waals surface area contributed by atoms with E-state index in [1.807, 2.05) is 18.2 Å². The zero-order valence-corrected chi connectivity index (χ0v) is 14.8. The number of halogens is 1. The molecule has 0 spiro atoms. The fourth-order valence-corrected chi connectivity index (χ4v) is 4.67. The maximum atomic E-state index is 12.0. The third-order valence-corrected chi connectivity index (χ3v) is 6.57. The van der Waals surface area contributed by atoms with Crippen molar-refractivity contribution < 1.29 is 4.79 Å². The summed E-state index contributed by atoms with van der Waals surface area (Å²) in [6, 6.07) is 10.2. The normalized spacial score (nSPS) is 18.5. The lowest BCUT2D eigenvalue weighted by Gasteiger charge is -2.33. The van der Waals surface area contributed by atoms with Crippen LogP contribution in [0.2, 0.25) is 0 Å². The van der Waals surface area contributed by atoms with E-state index < -0.39 is 4.75 Å². The van der Waals surface area contributed by atoms with Crippen LogP contribution in [0.1, 0.15) is 45.4 Å². The summed E-state index contributed by atoms with van der Waals surface area (Å²) in [4.78, 5) is 13.1. The van der Waals surface area contributed by atoms with Crippen molar-refractivity contribution in [1.29, 1.82) is 0 Å². The molecule has 1 aliphatic rings. The quantitative estimate of drug-likeness (QED) is 0.243. The van der Waals surface area contributed by atoms with E-state index in [9.17, 15) is 4.79 Å². The van der Waals surface area contributed by atoms with E-state index in [0.29, 0.717) is 5.88 Å². The largest absolute Gasteiger partial charge is 0.302 e. The van der Waals surface area contributed by atoms with Crippen molar-refractivity contribution in [1.82, 2.24) is 0 Å². The van der Waals surface area contributed by atoms with E-state index in [4.69, 9.17) is 11.6 Å². The standard InChI is InChI=1S/C19H25ClOS/c1-16(14-20)19(15-21,22-18-11-3-2-4-12-18)13-7-10-17-8-5-6-9-17/h2-4,8,11-12,15-16H,5-7,9-10,13-14H2,1H3/t16-,19?/m1/s1. The van der Waals surface area contributed by atoms with Crippen LogP contribution >= 0.6 is 23.4 Å². The lowest BCUT2D eigenvalue weighted by atomic mass is 9.89. The number of carbonyl (C=O) groups excluding carboxylic acids is 1. The third kappa shape index (κ3) is 4.63. The van der Waals surface area contributed by atoms with Gasteiger partial charge in [-0.3, -0.25) is 0 Å². The van der Waals surface area contributed by atoms with Gasteiger partial charge in [-0.2, -0.15) is 0 Å². The fourth-order valence-electron chi connectivity index (χ4n) is 2.99. The summed E-state index contributed by atoms with van der Waals surface area (Å²) in [6.07, 6.45) is 10.4. The average Bonchev–Trinajstić information content (AvgIpc) is 3.07. The van der Waals surface area contributed by atoms with Gasteiger partial charge >= 0.3 is 0 Å². The molecular weight excluding hydrogens is 312 g/mol. The number of hydrogen-bond donors (Lipinski definition) is 0. The number of rotatable bonds is 9. The van der Waals surface area contributed by atoms with Gasteiger partial charge in [-0.15, -0.1) is 23.4 Å². The molecule has 0 amide bonds. The highest BCUT2D eigenvalue weighted by molar-refractivity contribution is 8.01. The van der Waals surface area contributed by atoms with Gasteiger partial charge in [0.2, 0.25) is 0 Å². The first-order valence-electron chi connectivity index (χ1n) is 8.14. The van der Waals surface area contributed by atoms with Crippen LogP contribution in [0.3, 0.4) is 0 Å². The van der Waals surface area contributed by atoms with E-state index in [2.05, 4.69) is 25.1 Å². The summed E-state index contributed by atoms with van der Waals surface area (Å²) in [5.74, 6) is 0.677. The molecule has 1 aromatic rings. The van der Waals surface area contributed by atoms with Crippen LogP contribution in [0, 0.1) is 5.92 Å². The molecule has 0 aliphatic heterocycles. The topological polar surface area (TPSA) is 17.1 Å². The first-order valence-corrected chi connectivity index (χ1v) is 9.49. The van der Waals surface area contributed by atoms with Crippen molar-refractivity contribution in [3.8, 4) is 0 Å². The van der Waals surface area contributed by atoms with Gasteiger partial charge in [0.15, 0.2) is 0 Å². The van der Waals surface area contributed by atoms with Crippen LogP contribution in [0.25, 0.3) is 0 Å². The van der Waals surface area contributed by atoms with Gasteiger partial charge in [0, 0.05) is 10.8 Å². The molecular formula is C19H25ClOS. The van der Waals surface area contributed by atoms with E-state index in [-0.39, 0.29) is 5.92 Å². The third-order valence-electron chi connectivity index (χ3n) is 4.52. The smallest absolute Gasteiger partial charge is 0.136 e. The van der Waals surface area contributed by atoms with E-state index >= 15 is 0 Å². The highest BCUT2D eigenvalue weighted by atomic mass is 35.5. The average molecular weight is 337 g/mol. The van der Waals surface area contributed by atoms with Gasteiger partial charge < -0.3 is 4.79 Å². The Morgan fingerprint density at radius 3 is 2.73 bits per heavy atom. The molecule has 1 unspecified atom stereocenters. The van der Waals surface area contributed by atoms with E-state index in [0.717, 1.165) is 30.4 Å². The number of carbonyl (C=O) groups is 1. The molecule has 0 bridgehead atoms. The molecule has 0 saturated heterocycles. The molecule has 1 aromatic carbocycles. The summed E-state index contributed by atoms with van der Waals surface area (Å²) < 4.78 is -0.414. The van der Waals surface area contributed by atoms with Gasteiger partial charge in [-0.1, -0.05) is 36.8 Å². The monoisotopic (exact) mass is 336 g/mol. The number of allylic oxidation sites excluding steroid dienone is 2. The lowest BCUT2D eigenvalue weighted by Crippen LogP contribution is -2.36. The Kier molecular flexibility index (Phi) is 7.04. The maximum Gasteiger partial charge on any atom is 0.136 e. The van der Waals surface area contributed by atoms with Crippen LogP contribution in [-0.2, 0) is 4.79 Å². The van der Waals surface area contributed by atoms with Crippen molar-refractivity contribution >= 4 is 29.6 Å². The molecule has 0 aromatic heterocycles. The van der Waals surface area contributed by atoms with E-state index in [1.54, 1.807) is 17.3 Å². The molecule has 0 heterocycles. The minimum Gasteiger partial charge on any atom is -0.302 e.